The normalized spacial score (nSPS) is 22.1. The van der Waals surface area contributed by atoms with Crippen LogP contribution in [-0.4, -0.2) is 34.9 Å². The van der Waals surface area contributed by atoms with Gasteiger partial charge in [0.25, 0.3) is 5.69 Å². The number of piperidine rings is 1. The minimum Gasteiger partial charge on any atom is -0.462 e. The van der Waals surface area contributed by atoms with Gasteiger partial charge in [0.1, 0.15) is 10.0 Å². The van der Waals surface area contributed by atoms with Crippen LogP contribution in [0.2, 0.25) is 0 Å². The van der Waals surface area contributed by atoms with Gasteiger partial charge in [-0.15, -0.1) is 23.2 Å². The lowest BCUT2D eigenvalue weighted by molar-refractivity contribution is -0.384. The van der Waals surface area contributed by atoms with Crippen molar-refractivity contribution in [2.45, 2.75) is 30.0 Å². The molecule has 0 N–H and O–H groups in total. The number of carbonyl (C=O) groups is 1. The van der Waals surface area contributed by atoms with Crippen molar-refractivity contribution in [2.75, 3.05) is 24.6 Å². The minimum atomic E-state index is -0.815. The molecule has 3 rings (SSSR count). The molecule has 1 aromatic rings. The van der Waals surface area contributed by atoms with E-state index >= 15 is 0 Å². The molecule has 1 aromatic carbocycles. The van der Waals surface area contributed by atoms with Crippen molar-refractivity contribution in [3.05, 3.63) is 33.9 Å². The SMILES string of the molecule is O=C(OC[C@H]1CC1(Cl)Cl)c1ccc(N2CCCCC2)c([N+](=O)[O-])c1. The lowest BCUT2D eigenvalue weighted by Gasteiger charge is -2.28. The third-order valence-electron chi connectivity index (χ3n) is 4.48. The van der Waals surface area contributed by atoms with Crippen molar-refractivity contribution in [3.8, 4) is 0 Å². The van der Waals surface area contributed by atoms with Crippen molar-refractivity contribution in [1.82, 2.24) is 0 Å². The molecule has 1 atom stereocenters. The summed E-state index contributed by atoms with van der Waals surface area (Å²) in [5, 5.41) is 11.4. The molecule has 1 heterocycles. The highest BCUT2D eigenvalue weighted by Gasteiger charge is 2.52. The van der Waals surface area contributed by atoms with Gasteiger partial charge < -0.3 is 9.64 Å². The molecule has 2 aliphatic rings. The zero-order valence-electron chi connectivity index (χ0n) is 13.0. The number of alkyl halides is 2. The first-order valence-corrected chi connectivity index (χ1v) is 8.72. The molecule has 0 bridgehead atoms. The third-order valence-corrected chi connectivity index (χ3v) is 5.40. The predicted octanol–water partition coefficient (Wildman–Crippen LogP) is 3.94. The Bertz CT molecular complexity index is 659. The van der Waals surface area contributed by atoms with Crippen LogP contribution in [-0.2, 0) is 4.74 Å². The first-order valence-electron chi connectivity index (χ1n) is 7.97. The van der Waals surface area contributed by atoms with Gasteiger partial charge in [-0.05, 0) is 37.8 Å². The number of nitro benzene ring substituents is 1. The Kier molecular flexibility index (Phi) is 4.88. The molecule has 0 amide bonds. The number of carbonyl (C=O) groups excluding carboxylic acids is 1. The Labute approximate surface area is 149 Å². The molecule has 1 aliphatic carbocycles. The highest BCUT2D eigenvalue weighted by atomic mass is 35.5. The summed E-state index contributed by atoms with van der Waals surface area (Å²) in [7, 11) is 0. The zero-order valence-corrected chi connectivity index (χ0v) is 14.6. The molecule has 0 spiro atoms. The van der Waals surface area contributed by atoms with Gasteiger partial charge in [0.05, 0.1) is 17.1 Å². The van der Waals surface area contributed by atoms with Crippen molar-refractivity contribution in [2.24, 2.45) is 5.92 Å². The molecule has 2 fully saturated rings. The fourth-order valence-electron chi connectivity index (χ4n) is 2.91. The van der Waals surface area contributed by atoms with Crippen LogP contribution in [0.3, 0.4) is 0 Å². The molecule has 8 heteroatoms. The Morgan fingerprint density at radius 1 is 1.33 bits per heavy atom. The van der Waals surface area contributed by atoms with E-state index < -0.39 is 15.2 Å². The quantitative estimate of drug-likeness (QED) is 0.338. The molecule has 24 heavy (non-hydrogen) atoms. The van der Waals surface area contributed by atoms with Crippen LogP contribution in [0.25, 0.3) is 0 Å². The molecular formula is C16H18Cl2N2O4. The van der Waals surface area contributed by atoms with Gasteiger partial charge in [0.15, 0.2) is 0 Å². The van der Waals surface area contributed by atoms with Crippen LogP contribution in [0, 0.1) is 16.0 Å². The highest BCUT2D eigenvalue weighted by Crippen LogP contribution is 2.53. The molecular weight excluding hydrogens is 355 g/mol. The first kappa shape index (κ1) is 17.3. The Morgan fingerprint density at radius 2 is 2.00 bits per heavy atom. The van der Waals surface area contributed by atoms with Crippen molar-refractivity contribution < 1.29 is 14.5 Å². The number of benzene rings is 1. The Balaban J connectivity index is 1.73. The summed E-state index contributed by atoms with van der Waals surface area (Å²) in [6.07, 6.45) is 3.75. The number of esters is 1. The van der Waals surface area contributed by atoms with E-state index in [9.17, 15) is 14.9 Å². The fraction of sp³-hybridized carbons (Fsp3) is 0.562. The number of hydrogen-bond acceptors (Lipinski definition) is 5. The summed E-state index contributed by atoms with van der Waals surface area (Å²) in [5.41, 5.74) is 0.652. The maximum absolute atomic E-state index is 12.1. The van der Waals surface area contributed by atoms with Crippen molar-refractivity contribution in [1.29, 1.82) is 0 Å². The van der Waals surface area contributed by atoms with E-state index in [4.69, 9.17) is 27.9 Å². The highest BCUT2D eigenvalue weighted by molar-refractivity contribution is 6.50. The second-order valence-corrected chi connectivity index (χ2v) is 7.81. The molecule has 6 nitrogen and oxygen atoms in total. The minimum absolute atomic E-state index is 0.0678. The number of nitrogens with zero attached hydrogens (tertiary/aromatic N) is 2. The zero-order chi connectivity index (χ0) is 17.3. The maximum Gasteiger partial charge on any atom is 0.338 e. The summed E-state index contributed by atoms with van der Waals surface area (Å²) in [5.74, 6) is -0.674. The van der Waals surface area contributed by atoms with Gasteiger partial charge in [-0.2, -0.15) is 0 Å². The molecule has 0 unspecified atom stereocenters. The van der Waals surface area contributed by atoms with Crippen molar-refractivity contribution >= 4 is 40.5 Å². The van der Waals surface area contributed by atoms with Crippen LogP contribution in [0.1, 0.15) is 36.0 Å². The average Bonchev–Trinajstić information content (AvgIpc) is 3.19. The summed E-state index contributed by atoms with van der Waals surface area (Å²) in [4.78, 5) is 25.0. The second kappa shape index (κ2) is 6.76. The number of nitro groups is 1. The van der Waals surface area contributed by atoms with Crippen LogP contribution in [0.5, 0.6) is 0 Å². The number of ether oxygens (including phenoxy) is 1. The number of rotatable bonds is 5. The lowest BCUT2D eigenvalue weighted by atomic mass is 10.1. The Hall–Kier alpha value is -1.53. The molecule has 1 saturated carbocycles. The second-order valence-electron chi connectivity index (χ2n) is 6.27. The van der Waals surface area contributed by atoms with Gasteiger partial charge in [-0.3, -0.25) is 10.1 Å². The van der Waals surface area contributed by atoms with E-state index in [2.05, 4.69) is 0 Å². The topological polar surface area (TPSA) is 72.7 Å². The smallest absolute Gasteiger partial charge is 0.338 e. The standard InChI is InChI=1S/C16H18Cl2N2O4/c17-16(18)9-12(16)10-24-15(21)11-4-5-13(14(8-11)20(22)23)19-6-2-1-3-7-19/h4-5,8,12H,1-3,6-7,9-10H2/t12-/m1/s1. The van der Waals surface area contributed by atoms with Crippen molar-refractivity contribution in [3.63, 3.8) is 0 Å². The van der Waals surface area contributed by atoms with E-state index in [0.29, 0.717) is 12.1 Å². The van der Waals surface area contributed by atoms with Gasteiger partial charge in [0, 0.05) is 25.1 Å². The van der Waals surface area contributed by atoms with E-state index in [1.807, 2.05) is 4.90 Å². The van der Waals surface area contributed by atoms with E-state index in [-0.39, 0.29) is 23.8 Å². The van der Waals surface area contributed by atoms with Crippen LogP contribution in [0.15, 0.2) is 18.2 Å². The van der Waals surface area contributed by atoms with Crippen LogP contribution >= 0.6 is 23.2 Å². The monoisotopic (exact) mass is 372 g/mol. The third kappa shape index (κ3) is 3.75. The largest absolute Gasteiger partial charge is 0.462 e. The van der Waals surface area contributed by atoms with Crippen LogP contribution in [0.4, 0.5) is 11.4 Å². The maximum atomic E-state index is 12.1. The number of halogens is 2. The molecule has 0 radical (unpaired) electrons. The summed E-state index contributed by atoms with van der Waals surface area (Å²) in [6, 6.07) is 4.49. The average molecular weight is 373 g/mol. The van der Waals surface area contributed by atoms with E-state index in [1.54, 1.807) is 12.1 Å². The summed E-state index contributed by atoms with van der Waals surface area (Å²) < 4.78 is 4.35. The summed E-state index contributed by atoms with van der Waals surface area (Å²) in [6.45, 7) is 1.70. The van der Waals surface area contributed by atoms with Crippen LogP contribution < -0.4 is 4.90 Å². The predicted molar refractivity (Wildman–Crippen MR) is 92.0 cm³/mol. The van der Waals surface area contributed by atoms with Gasteiger partial charge in [0.2, 0.25) is 0 Å². The molecule has 1 aliphatic heterocycles. The van der Waals surface area contributed by atoms with Gasteiger partial charge in [-0.25, -0.2) is 4.79 Å². The van der Waals surface area contributed by atoms with E-state index in [1.165, 1.54) is 6.07 Å². The Morgan fingerprint density at radius 3 is 2.58 bits per heavy atom. The summed E-state index contributed by atoms with van der Waals surface area (Å²) >= 11 is 11.8. The molecule has 130 valence electrons. The van der Waals surface area contributed by atoms with Gasteiger partial charge in [-0.1, -0.05) is 0 Å². The molecule has 1 saturated heterocycles. The van der Waals surface area contributed by atoms with Gasteiger partial charge >= 0.3 is 5.97 Å². The lowest BCUT2D eigenvalue weighted by Crippen LogP contribution is -2.30. The molecule has 0 aromatic heterocycles. The first-order chi connectivity index (χ1) is 11.4. The number of anilines is 1. The number of hydrogen-bond donors (Lipinski definition) is 0. The van der Waals surface area contributed by atoms with E-state index in [0.717, 1.165) is 32.4 Å². The fourth-order valence-corrected chi connectivity index (χ4v) is 3.41.